The molecular weight excluding hydrogens is 709 g/mol. The number of anilines is 3. The van der Waals surface area contributed by atoms with Crippen molar-refractivity contribution in [3.8, 4) is 45.3 Å². The van der Waals surface area contributed by atoms with Crippen LogP contribution in [0.3, 0.4) is 0 Å². The van der Waals surface area contributed by atoms with Crippen molar-refractivity contribution >= 4 is 60.5 Å². The SMILES string of the molecule is c1ccc(-c2nc(-c3ccccc3)nc(-c3cccc4oc5c6ccccc6c(-c6ccc(N(c7ccccc7)c7ccc8ccccc8c7)cc6)cc5c34)n2)cc1. The zero-order valence-corrected chi connectivity index (χ0v) is 31.3. The van der Waals surface area contributed by atoms with Crippen LogP contribution in [0.15, 0.2) is 211 Å². The topological polar surface area (TPSA) is 55.1 Å². The van der Waals surface area contributed by atoms with Crippen LogP contribution in [-0.2, 0) is 0 Å². The fraction of sp³-hybridized carbons (Fsp3) is 0. The summed E-state index contributed by atoms with van der Waals surface area (Å²) in [6, 6.07) is 71.7. The molecule has 0 spiro atoms. The predicted octanol–water partition coefficient (Wildman–Crippen LogP) is 14.2. The first-order chi connectivity index (χ1) is 28.7. The first kappa shape index (κ1) is 33.4. The molecule has 5 heteroatoms. The van der Waals surface area contributed by atoms with Gasteiger partial charge in [-0.15, -0.1) is 0 Å². The zero-order valence-electron chi connectivity index (χ0n) is 31.3. The Morgan fingerprint density at radius 2 is 0.914 bits per heavy atom. The highest BCUT2D eigenvalue weighted by atomic mass is 16.3. The third kappa shape index (κ3) is 5.85. The van der Waals surface area contributed by atoms with Crippen molar-refractivity contribution in [3.05, 3.63) is 206 Å². The lowest BCUT2D eigenvalue weighted by atomic mass is 9.94. The van der Waals surface area contributed by atoms with Gasteiger partial charge in [-0.25, -0.2) is 15.0 Å². The average Bonchev–Trinajstić information content (AvgIpc) is 3.69. The second kappa shape index (κ2) is 14.0. The Morgan fingerprint density at radius 3 is 1.62 bits per heavy atom. The van der Waals surface area contributed by atoms with E-state index in [-0.39, 0.29) is 0 Å². The lowest BCUT2D eigenvalue weighted by Crippen LogP contribution is -2.09. The molecule has 0 aliphatic rings. The van der Waals surface area contributed by atoms with Crippen molar-refractivity contribution in [1.82, 2.24) is 15.0 Å². The number of nitrogens with zero attached hydrogens (tertiary/aromatic N) is 4. The van der Waals surface area contributed by atoms with Crippen LogP contribution in [0.1, 0.15) is 0 Å². The van der Waals surface area contributed by atoms with Crippen molar-refractivity contribution < 1.29 is 4.42 Å². The lowest BCUT2D eigenvalue weighted by Gasteiger charge is -2.26. The summed E-state index contributed by atoms with van der Waals surface area (Å²) in [4.78, 5) is 17.5. The smallest absolute Gasteiger partial charge is 0.164 e. The first-order valence-corrected chi connectivity index (χ1v) is 19.4. The maximum atomic E-state index is 6.75. The van der Waals surface area contributed by atoms with Gasteiger partial charge in [-0.05, 0) is 75.8 Å². The Bertz CT molecular complexity index is 3210. The molecule has 0 aliphatic carbocycles. The van der Waals surface area contributed by atoms with Crippen LogP contribution in [0.4, 0.5) is 17.1 Å². The highest BCUT2D eigenvalue weighted by Gasteiger charge is 2.21. The Hall–Kier alpha value is -7.89. The molecule has 0 radical (unpaired) electrons. The van der Waals surface area contributed by atoms with E-state index in [1.807, 2.05) is 72.8 Å². The summed E-state index contributed by atoms with van der Waals surface area (Å²) in [5, 5.41) is 6.57. The number of hydrogen-bond donors (Lipinski definition) is 0. The Kier molecular flexibility index (Phi) is 8.07. The number of fused-ring (bicyclic) bond motifs is 6. The largest absolute Gasteiger partial charge is 0.455 e. The zero-order chi connectivity index (χ0) is 38.4. The molecule has 0 aliphatic heterocycles. The second-order valence-corrected chi connectivity index (χ2v) is 14.4. The number of aromatic nitrogens is 3. The molecule has 0 unspecified atom stereocenters. The summed E-state index contributed by atoms with van der Waals surface area (Å²) in [5.41, 5.74) is 9.86. The molecule has 0 saturated carbocycles. The number of hydrogen-bond acceptors (Lipinski definition) is 5. The molecule has 272 valence electrons. The molecule has 2 aromatic heterocycles. The quantitative estimate of drug-likeness (QED) is 0.163. The third-order valence-electron chi connectivity index (χ3n) is 10.9. The number of benzene rings is 9. The lowest BCUT2D eigenvalue weighted by molar-refractivity contribution is 0.673. The fourth-order valence-corrected chi connectivity index (χ4v) is 8.13. The minimum atomic E-state index is 0.592. The molecule has 0 N–H and O–H groups in total. The Balaban J connectivity index is 1.08. The molecule has 9 aromatic carbocycles. The van der Waals surface area contributed by atoms with E-state index in [1.54, 1.807) is 0 Å². The van der Waals surface area contributed by atoms with E-state index in [9.17, 15) is 0 Å². The van der Waals surface area contributed by atoms with E-state index in [0.29, 0.717) is 17.5 Å². The molecule has 0 saturated heterocycles. The summed E-state index contributed by atoms with van der Waals surface area (Å²) in [6.07, 6.45) is 0. The molecule has 0 atom stereocenters. The molecule has 0 fully saturated rings. The molecule has 58 heavy (non-hydrogen) atoms. The van der Waals surface area contributed by atoms with Crippen molar-refractivity contribution in [2.75, 3.05) is 4.90 Å². The summed E-state index contributed by atoms with van der Waals surface area (Å²) >= 11 is 0. The van der Waals surface area contributed by atoms with E-state index in [4.69, 9.17) is 19.4 Å². The highest BCUT2D eigenvalue weighted by Crippen LogP contribution is 2.44. The average molecular weight is 743 g/mol. The van der Waals surface area contributed by atoms with Crippen LogP contribution in [0, 0.1) is 0 Å². The first-order valence-electron chi connectivity index (χ1n) is 19.4. The van der Waals surface area contributed by atoms with Gasteiger partial charge in [0, 0.05) is 49.9 Å². The molecule has 5 nitrogen and oxygen atoms in total. The van der Waals surface area contributed by atoms with Crippen molar-refractivity contribution in [2.24, 2.45) is 0 Å². The minimum absolute atomic E-state index is 0.592. The minimum Gasteiger partial charge on any atom is -0.455 e. The molecule has 2 heterocycles. The van der Waals surface area contributed by atoms with Crippen LogP contribution >= 0.6 is 0 Å². The third-order valence-corrected chi connectivity index (χ3v) is 10.9. The van der Waals surface area contributed by atoms with Crippen molar-refractivity contribution in [3.63, 3.8) is 0 Å². The van der Waals surface area contributed by atoms with Crippen LogP contribution in [0.2, 0.25) is 0 Å². The van der Waals surface area contributed by atoms with Gasteiger partial charge in [-0.3, -0.25) is 0 Å². The van der Waals surface area contributed by atoms with Crippen molar-refractivity contribution in [2.45, 2.75) is 0 Å². The highest BCUT2D eigenvalue weighted by molar-refractivity contribution is 6.22. The van der Waals surface area contributed by atoms with Gasteiger partial charge in [0.15, 0.2) is 17.5 Å². The van der Waals surface area contributed by atoms with E-state index in [2.05, 4.69) is 138 Å². The van der Waals surface area contributed by atoms with Gasteiger partial charge in [0.25, 0.3) is 0 Å². The van der Waals surface area contributed by atoms with Crippen LogP contribution in [0.5, 0.6) is 0 Å². The van der Waals surface area contributed by atoms with E-state index in [0.717, 1.165) is 77.6 Å². The van der Waals surface area contributed by atoms with Gasteiger partial charge in [0.1, 0.15) is 11.2 Å². The maximum absolute atomic E-state index is 6.75. The summed E-state index contributed by atoms with van der Waals surface area (Å²) in [6.45, 7) is 0. The predicted molar refractivity (Wildman–Crippen MR) is 239 cm³/mol. The monoisotopic (exact) mass is 742 g/mol. The molecular formula is C53H34N4O. The van der Waals surface area contributed by atoms with E-state index >= 15 is 0 Å². The Morgan fingerprint density at radius 1 is 0.345 bits per heavy atom. The maximum Gasteiger partial charge on any atom is 0.164 e. The van der Waals surface area contributed by atoms with Crippen LogP contribution in [-0.4, -0.2) is 15.0 Å². The number of furan rings is 1. The van der Waals surface area contributed by atoms with E-state index < -0.39 is 0 Å². The van der Waals surface area contributed by atoms with Gasteiger partial charge in [-0.1, -0.05) is 158 Å². The summed E-state index contributed by atoms with van der Waals surface area (Å²) in [5.74, 6) is 1.83. The molecule has 0 bridgehead atoms. The number of rotatable bonds is 7. The van der Waals surface area contributed by atoms with Gasteiger partial charge >= 0.3 is 0 Å². The van der Waals surface area contributed by atoms with Crippen molar-refractivity contribution in [1.29, 1.82) is 0 Å². The fourth-order valence-electron chi connectivity index (χ4n) is 8.13. The molecule has 11 rings (SSSR count). The van der Waals surface area contributed by atoms with Crippen LogP contribution < -0.4 is 4.90 Å². The summed E-state index contributed by atoms with van der Waals surface area (Å²) in [7, 11) is 0. The normalized spacial score (nSPS) is 11.4. The van der Waals surface area contributed by atoms with Gasteiger partial charge < -0.3 is 9.32 Å². The Labute approximate surface area is 335 Å². The molecule has 11 aromatic rings. The number of para-hydroxylation sites is 1. The van der Waals surface area contributed by atoms with Gasteiger partial charge in [-0.2, -0.15) is 0 Å². The van der Waals surface area contributed by atoms with E-state index in [1.165, 1.54) is 10.8 Å². The summed E-state index contributed by atoms with van der Waals surface area (Å²) < 4.78 is 6.75. The van der Waals surface area contributed by atoms with Gasteiger partial charge in [0.2, 0.25) is 0 Å². The van der Waals surface area contributed by atoms with Crippen LogP contribution in [0.25, 0.3) is 88.8 Å². The van der Waals surface area contributed by atoms with Gasteiger partial charge in [0.05, 0.1) is 0 Å². The molecule has 0 amide bonds. The second-order valence-electron chi connectivity index (χ2n) is 14.4. The standard InChI is InChI=1S/C53H34N4O/c1-4-16-37(17-5-1)51-54-52(38-18-6-2-7-19-38)56-53(55-51)45-25-14-26-48-49(45)47-34-46(43-23-12-13-24-44(43)50(47)58-48)36-28-30-41(31-29-36)57(40-21-8-3-9-22-40)42-32-27-35-15-10-11-20-39(35)33-42/h1-34H.